The summed E-state index contributed by atoms with van der Waals surface area (Å²) >= 11 is 0. The van der Waals surface area contributed by atoms with E-state index in [9.17, 15) is 4.21 Å². The molecule has 19 heavy (non-hydrogen) atoms. The maximum Gasteiger partial charge on any atom is 0.0579 e. The van der Waals surface area contributed by atoms with Crippen molar-refractivity contribution in [1.29, 1.82) is 0 Å². The van der Waals surface area contributed by atoms with Gasteiger partial charge in [-0.1, -0.05) is 38.0 Å². The number of hydrogen-bond acceptors (Lipinski definition) is 2. The molecule has 0 radical (unpaired) electrons. The lowest BCUT2D eigenvalue weighted by molar-refractivity contribution is 0.206. The smallest absolute Gasteiger partial charge is 0.0579 e. The van der Waals surface area contributed by atoms with Crippen molar-refractivity contribution < 1.29 is 4.21 Å². The van der Waals surface area contributed by atoms with Gasteiger partial charge in [-0.15, -0.1) is 0 Å². The van der Waals surface area contributed by atoms with Crippen molar-refractivity contribution >= 4 is 10.8 Å². The maximum absolute atomic E-state index is 12.9. The van der Waals surface area contributed by atoms with Crippen molar-refractivity contribution in [2.24, 2.45) is 11.1 Å². The molecule has 3 unspecified atom stereocenters. The molecule has 1 fully saturated rings. The van der Waals surface area contributed by atoms with Crippen LogP contribution in [0.15, 0.2) is 23.1 Å². The standard InChI is InChI=1S/C16H25NOS/c1-11-7-8-13(12(2)10-11)19(18)14-6-5-9-16(3,4)15(14)17/h7-8,10,14-15H,5-6,9,17H2,1-4H3. The molecule has 0 bridgehead atoms. The molecular weight excluding hydrogens is 254 g/mol. The Kier molecular flexibility index (Phi) is 4.17. The molecule has 1 saturated carbocycles. The van der Waals surface area contributed by atoms with E-state index < -0.39 is 10.8 Å². The lowest BCUT2D eigenvalue weighted by Gasteiger charge is -2.41. The summed E-state index contributed by atoms with van der Waals surface area (Å²) in [5.41, 5.74) is 8.81. The first-order chi connectivity index (χ1) is 8.83. The average Bonchev–Trinajstić information content (AvgIpc) is 2.32. The summed E-state index contributed by atoms with van der Waals surface area (Å²) < 4.78 is 12.9. The van der Waals surface area contributed by atoms with Crippen LogP contribution in [0.25, 0.3) is 0 Å². The monoisotopic (exact) mass is 279 g/mol. The zero-order valence-electron chi connectivity index (χ0n) is 12.4. The Bertz CT molecular complexity index is 496. The molecule has 0 amide bonds. The van der Waals surface area contributed by atoms with Crippen molar-refractivity contribution in [1.82, 2.24) is 0 Å². The fourth-order valence-electron chi connectivity index (χ4n) is 3.04. The van der Waals surface area contributed by atoms with Crippen LogP contribution in [0.4, 0.5) is 0 Å². The summed E-state index contributed by atoms with van der Waals surface area (Å²) in [7, 11) is -0.991. The highest BCUT2D eigenvalue weighted by Gasteiger charge is 2.39. The van der Waals surface area contributed by atoms with E-state index in [1.807, 2.05) is 19.1 Å². The van der Waals surface area contributed by atoms with Crippen LogP contribution in [0.1, 0.15) is 44.2 Å². The number of benzene rings is 1. The van der Waals surface area contributed by atoms with E-state index in [4.69, 9.17) is 5.73 Å². The number of rotatable bonds is 2. The van der Waals surface area contributed by atoms with Gasteiger partial charge in [0.25, 0.3) is 0 Å². The first-order valence-electron chi connectivity index (χ1n) is 7.06. The second-order valence-electron chi connectivity index (χ2n) is 6.51. The minimum absolute atomic E-state index is 0.0165. The highest BCUT2D eigenvalue weighted by Crippen LogP contribution is 2.38. The predicted octanol–water partition coefficient (Wildman–Crippen LogP) is 3.32. The Morgan fingerprint density at radius 2 is 2.00 bits per heavy atom. The van der Waals surface area contributed by atoms with Crippen molar-refractivity contribution in [2.45, 2.75) is 63.1 Å². The summed E-state index contributed by atoms with van der Waals surface area (Å²) in [6, 6.07) is 6.17. The van der Waals surface area contributed by atoms with Gasteiger partial charge in [0.05, 0.1) is 16.0 Å². The Balaban J connectivity index is 2.28. The molecule has 0 aliphatic heterocycles. The molecule has 0 aromatic heterocycles. The molecule has 1 aliphatic rings. The van der Waals surface area contributed by atoms with Gasteiger partial charge in [-0.05, 0) is 43.7 Å². The molecule has 1 aromatic carbocycles. The van der Waals surface area contributed by atoms with Crippen molar-refractivity contribution in [2.75, 3.05) is 0 Å². The first kappa shape index (κ1) is 14.7. The summed E-state index contributed by atoms with van der Waals surface area (Å²) in [6.45, 7) is 8.50. The van der Waals surface area contributed by atoms with Gasteiger partial charge < -0.3 is 5.73 Å². The average molecular weight is 279 g/mol. The van der Waals surface area contributed by atoms with Gasteiger partial charge in [0.2, 0.25) is 0 Å². The molecule has 0 saturated heterocycles. The summed E-state index contributed by atoms with van der Waals surface area (Å²) in [5.74, 6) is 0. The van der Waals surface area contributed by atoms with Crippen molar-refractivity contribution in [3.05, 3.63) is 29.3 Å². The third-order valence-corrected chi connectivity index (χ3v) is 6.41. The van der Waals surface area contributed by atoms with Gasteiger partial charge in [-0.3, -0.25) is 4.21 Å². The van der Waals surface area contributed by atoms with E-state index in [1.54, 1.807) is 0 Å². The van der Waals surface area contributed by atoms with Gasteiger partial charge in [-0.2, -0.15) is 0 Å². The number of aryl methyl sites for hydroxylation is 2. The largest absolute Gasteiger partial charge is 0.326 e. The van der Waals surface area contributed by atoms with Gasteiger partial charge >= 0.3 is 0 Å². The predicted molar refractivity (Wildman–Crippen MR) is 81.7 cm³/mol. The third-order valence-electron chi connectivity index (χ3n) is 4.43. The Labute approximate surface area is 119 Å². The molecular formula is C16H25NOS. The Hall–Kier alpha value is -0.670. The molecule has 2 rings (SSSR count). The van der Waals surface area contributed by atoms with E-state index in [-0.39, 0.29) is 16.7 Å². The lowest BCUT2D eigenvalue weighted by Crippen LogP contribution is -2.51. The molecule has 1 aliphatic carbocycles. The van der Waals surface area contributed by atoms with Gasteiger partial charge in [-0.25, -0.2) is 0 Å². The van der Waals surface area contributed by atoms with Crippen LogP contribution in [0.2, 0.25) is 0 Å². The van der Waals surface area contributed by atoms with Crippen LogP contribution in [0.5, 0.6) is 0 Å². The molecule has 0 heterocycles. The van der Waals surface area contributed by atoms with Crippen molar-refractivity contribution in [3.63, 3.8) is 0 Å². The minimum atomic E-state index is -0.991. The van der Waals surface area contributed by atoms with E-state index in [0.717, 1.165) is 29.7 Å². The molecule has 2 N–H and O–H groups in total. The number of nitrogens with two attached hydrogens (primary N) is 1. The highest BCUT2D eigenvalue weighted by molar-refractivity contribution is 7.85. The fourth-order valence-corrected chi connectivity index (χ4v) is 4.96. The highest BCUT2D eigenvalue weighted by atomic mass is 32.2. The van der Waals surface area contributed by atoms with Crippen LogP contribution in [-0.4, -0.2) is 15.5 Å². The SMILES string of the molecule is Cc1ccc(S(=O)C2CCCC(C)(C)C2N)c(C)c1. The second-order valence-corrected chi connectivity index (χ2v) is 8.15. The summed E-state index contributed by atoms with van der Waals surface area (Å²) in [6.07, 6.45) is 3.24. The van der Waals surface area contributed by atoms with Crippen LogP contribution in [0, 0.1) is 19.3 Å². The quantitative estimate of drug-likeness (QED) is 0.902. The van der Waals surface area contributed by atoms with Gasteiger partial charge in [0.1, 0.15) is 0 Å². The minimum Gasteiger partial charge on any atom is -0.326 e. The zero-order chi connectivity index (χ0) is 14.2. The van der Waals surface area contributed by atoms with E-state index in [0.29, 0.717) is 0 Å². The van der Waals surface area contributed by atoms with Gasteiger partial charge in [0.15, 0.2) is 0 Å². The van der Waals surface area contributed by atoms with E-state index in [1.165, 1.54) is 5.56 Å². The summed E-state index contributed by atoms with van der Waals surface area (Å²) in [5, 5.41) is 0.0881. The second kappa shape index (κ2) is 5.37. The maximum atomic E-state index is 12.9. The normalized spacial score (nSPS) is 28.1. The first-order valence-corrected chi connectivity index (χ1v) is 8.27. The molecule has 106 valence electrons. The van der Waals surface area contributed by atoms with Crippen LogP contribution in [-0.2, 0) is 10.8 Å². The molecule has 3 heteroatoms. The van der Waals surface area contributed by atoms with E-state index in [2.05, 4.69) is 26.8 Å². The van der Waals surface area contributed by atoms with Crippen LogP contribution < -0.4 is 5.73 Å². The summed E-state index contributed by atoms with van der Waals surface area (Å²) in [4.78, 5) is 0.962. The van der Waals surface area contributed by atoms with Gasteiger partial charge in [0, 0.05) is 10.9 Å². The van der Waals surface area contributed by atoms with Crippen LogP contribution >= 0.6 is 0 Å². The van der Waals surface area contributed by atoms with Crippen molar-refractivity contribution in [3.8, 4) is 0 Å². The fraction of sp³-hybridized carbons (Fsp3) is 0.625. The Morgan fingerprint density at radius 1 is 1.32 bits per heavy atom. The molecule has 1 aromatic rings. The van der Waals surface area contributed by atoms with Crippen LogP contribution in [0.3, 0.4) is 0 Å². The van der Waals surface area contributed by atoms with E-state index >= 15 is 0 Å². The molecule has 3 atom stereocenters. The lowest BCUT2D eigenvalue weighted by atomic mass is 9.73. The third kappa shape index (κ3) is 2.92. The topological polar surface area (TPSA) is 43.1 Å². The molecule has 0 spiro atoms. The number of hydrogen-bond donors (Lipinski definition) is 1. The Morgan fingerprint density at radius 3 is 2.63 bits per heavy atom. The molecule has 2 nitrogen and oxygen atoms in total. The zero-order valence-corrected chi connectivity index (χ0v) is 13.2.